The number of rotatable bonds is 4. The molecule has 0 atom stereocenters. The molecule has 0 saturated carbocycles. The van der Waals surface area contributed by atoms with Crippen LogP contribution in [0.2, 0.25) is 0 Å². The van der Waals surface area contributed by atoms with Gasteiger partial charge in [0, 0.05) is 0 Å². The number of nitriles is 2. The molecule has 0 aliphatic rings. The molecule has 0 aromatic heterocycles. The van der Waals surface area contributed by atoms with Crippen molar-refractivity contribution in [1.29, 1.82) is 10.5 Å². The van der Waals surface area contributed by atoms with E-state index in [2.05, 4.69) is 10.5 Å². The highest BCUT2D eigenvalue weighted by molar-refractivity contribution is 6.10. The second-order valence-corrected chi connectivity index (χ2v) is 2.84. The van der Waals surface area contributed by atoms with E-state index in [1.165, 1.54) is 12.1 Å². The molecule has 6 heteroatoms. The van der Waals surface area contributed by atoms with Gasteiger partial charge < -0.3 is 4.74 Å². The summed E-state index contributed by atoms with van der Waals surface area (Å²) in [5.74, 6) is -0.304. The highest BCUT2D eigenvalue weighted by Gasteiger charge is 2.08. The van der Waals surface area contributed by atoms with Gasteiger partial charge in [0.25, 0.3) is 0 Å². The lowest BCUT2D eigenvalue weighted by Gasteiger charge is -2.09. The fourth-order valence-electron chi connectivity index (χ4n) is 1.08. The molecule has 0 unspecified atom stereocenters. The van der Waals surface area contributed by atoms with Crippen molar-refractivity contribution in [2.24, 2.45) is 5.10 Å². The van der Waals surface area contributed by atoms with Crippen molar-refractivity contribution >= 4 is 11.4 Å². The topological polar surface area (TPSA) is 81.2 Å². The Hall–Kier alpha value is -2.60. The molecule has 1 aromatic carbocycles. The molecular formula is C11H9FN4O. The first-order valence-corrected chi connectivity index (χ1v) is 4.78. The Morgan fingerprint density at radius 2 is 2.18 bits per heavy atom. The van der Waals surface area contributed by atoms with Crippen LogP contribution >= 0.6 is 0 Å². The molecule has 86 valence electrons. The summed E-state index contributed by atoms with van der Waals surface area (Å²) in [5.41, 5.74) is 1.92. The number of hydrogen-bond donors (Lipinski definition) is 1. The van der Waals surface area contributed by atoms with Crippen molar-refractivity contribution in [3.8, 4) is 17.9 Å². The maximum Gasteiger partial charge on any atom is 0.237 e. The van der Waals surface area contributed by atoms with Gasteiger partial charge in [-0.2, -0.15) is 15.6 Å². The third-order valence-electron chi connectivity index (χ3n) is 1.77. The molecule has 1 rings (SSSR count). The Labute approximate surface area is 97.7 Å². The number of hydrogen-bond acceptors (Lipinski definition) is 5. The van der Waals surface area contributed by atoms with Crippen LogP contribution in [0.5, 0.6) is 5.75 Å². The molecule has 0 bridgehead atoms. The molecule has 0 aliphatic carbocycles. The summed E-state index contributed by atoms with van der Waals surface area (Å²) in [5, 5.41) is 20.4. The van der Waals surface area contributed by atoms with Crippen LogP contribution in [0.3, 0.4) is 0 Å². The lowest BCUT2D eigenvalue weighted by Crippen LogP contribution is -2.02. The molecule has 17 heavy (non-hydrogen) atoms. The van der Waals surface area contributed by atoms with Crippen LogP contribution in [0.1, 0.15) is 6.92 Å². The largest absolute Gasteiger partial charge is 0.492 e. The van der Waals surface area contributed by atoms with Gasteiger partial charge in [0.1, 0.15) is 23.6 Å². The van der Waals surface area contributed by atoms with Crippen LogP contribution in [0.4, 0.5) is 10.1 Å². The zero-order valence-corrected chi connectivity index (χ0v) is 9.07. The number of nitrogens with one attached hydrogen (secondary N) is 1. The van der Waals surface area contributed by atoms with E-state index in [4.69, 9.17) is 15.3 Å². The van der Waals surface area contributed by atoms with Gasteiger partial charge >= 0.3 is 0 Å². The molecule has 0 amide bonds. The van der Waals surface area contributed by atoms with Gasteiger partial charge in [0.2, 0.25) is 5.71 Å². The average Bonchev–Trinajstić information content (AvgIpc) is 2.33. The third kappa shape index (κ3) is 3.18. The summed E-state index contributed by atoms with van der Waals surface area (Å²) >= 11 is 0. The molecule has 0 fully saturated rings. The van der Waals surface area contributed by atoms with Crippen molar-refractivity contribution in [2.75, 3.05) is 12.0 Å². The summed E-state index contributed by atoms with van der Waals surface area (Å²) in [6, 6.07) is 7.38. The maximum absolute atomic E-state index is 13.5. The maximum atomic E-state index is 13.5. The second kappa shape index (κ2) is 6.09. The van der Waals surface area contributed by atoms with E-state index < -0.39 is 11.5 Å². The molecule has 1 aromatic rings. The number of nitrogens with zero attached hydrogens (tertiary/aromatic N) is 3. The first kappa shape index (κ1) is 12.5. The Morgan fingerprint density at radius 3 is 2.76 bits per heavy atom. The fourth-order valence-corrected chi connectivity index (χ4v) is 1.08. The molecule has 0 spiro atoms. The smallest absolute Gasteiger partial charge is 0.237 e. The highest BCUT2D eigenvalue weighted by Crippen LogP contribution is 2.27. The second-order valence-electron chi connectivity index (χ2n) is 2.84. The molecule has 5 nitrogen and oxygen atoms in total. The van der Waals surface area contributed by atoms with Crippen LogP contribution in [-0.4, -0.2) is 12.3 Å². The highest BCUT2D eigenvalue weighted by atomic mass is 19.1. The Bertz CT molecular complexity index is 497. The van der Waals surface area contributed by atoms with E-state index in [9.17, 15) is 4.39 Å². The minimum absolute atomic E-state index is 0.00245. The zero-order valence-electron chi connectivity index (χ0n) is 9.07. The van der Waals surface area contributed by atoms with Crippen molar-refractivity contribution in [3.05, 3.63) is 24.0 Å². The summed E-state index contributed by atoms with van der Waals surface area (Å²) in [6.07, 6.45) is 0. The first-order chi connectivity index (χ1) is 8.22. The number of anilines is 1. The van der Waals surface area contributed by atoms with E-state index in [0.29, 0.717) is 6.61 Å². The molecular weight excluding hydrogens is 223 g/mol. The standard InChI is InChI=1S/C11H9FN4O/c1-2-17-10-5-3-4-9(12)11(10)16-15-8(6-13)7-14/h3-5,16H,2H2,1H3. The van der Waals surface area contributed by atoms with Gasteiger partial charge in [-0.3, -0.25) is 5.43 Å². The Balaban J connectivity index is 3.02. The van der Waals surface area contributed by atoms with Gasteiger partial charge in [-0.25, -0.2) is 4.39 Å². The number of benzene rings is 1. The Morgan fingerprint density at radius 1 is 1.47 bits per heavy atom. The molecule has 0 aliphatic heterocycles. The number of para-hydroxylation sites is 1. The van der Waals surface area contributed by atoms with Crippen molar-refractivity contribution in [1.82, 2.24) is 0 Å². The summed E-state index contributed by atoms with van der Waals surface area (Å²) in [4.78, 5) is 0. The third-order valence-corrected chi connectivity index (χ3v) is 1.77. The van der Waals surface area contributed by atoms with E-state index in [0.717, 1.165) is 0 Å². The quantitative estimate of drug-likeness (QED) is 0.636. The van der Waals surface area contributed by atoms with E-state index in [-0.39, 0.29) is 11.4 Å². The number of halogens is 1. The van der Waals surface area contributed by atoms with Gasteiger partial charge in [-0.1, -0.05) is 6.07 Å². The van der Waals surface area contributed by atoms with Gasteiger partial charge in [-0.05, 0) is 19.1 Å². The van der Waals surface area contributed by atoms with Crippen molar-refractivity contribution < 1.29 is 9.13 Å². The first-order valence-electron chi connectivity index (χ1n) is 4.78. The summed E-state index contributed by atoms with van der Waals surface area (Å²) < 4.78 is 18.6. The van der Waals surface area contributed by atoms with E-state index >= 15 is 0 Å². The van der Waals surface area contributed by atoms with Crippen LogP contribution < -0.4 is 10.2 Å². The van der Waals surface area contributed by atoms with Gasteiger partial charge in [0.05, 0.1) is 6.61 Å². The number of ether oxygens (including phenoxy) is 1. The summed E-state index contributed by atoms with van der Waals surface area (Å²) in [6.45, 7) is 2.12. The van der Waals surface area contributed by atoms with Crippen LogP contribution in [-0.2, 0) is 0 Å². The lowest BCUT2D eigenvalue weighted by molar-refractivity contribution is 0.340. The van der Waals surface area contributed by atoms with Crippen molar-refractivity contribution in [2.45, 2.75) is 6.92 Å². The average molecular weight is 232 g/mol. The lowest BCUT2D eigenvalue weighted by atomic mass is 10.3. The fraction of sp³-hybridized carbons (Fsp3) is 0.182. The van der Waals surface area contributed by atoms with E-state index in [1.54, 1.807) is 25.1 Å². The zero-order chi connectivity index (χ0) is 12.7. The molecule has 1 N–H and O–H groups in total. The molecule has 0 saturated heterocycles. The normalized spacial score (nSPS) is 8.71. The van der Waals surface area contributed by atoms with Crippen LogP contribution in [0.25, 0.3) is 0 Å². The van der Waals surface area contributed by atoms with Crippen molar-refractivity contribution in [3.63, 3.8) is 0 Å². The summed E-state index contributed by atoms with van der Waals surface area (Å²) in [7, 11) is 0. The van der Waals surface area contributed by atoms with Crippen LogP contribution in [0, 0.1) is 28.5 Å². The molecule has 0 radical (unpaired) electrons. The minimum atomic E-state index is -0.574. The predicted molar refractivity (Wildman–Crippen MR) is 59.9 cm³/mol. The molecule has 0 heterocycles. The minimum Gasteiger partial charge on any atom is -0.492 e. The Kier molecular flexibility index (Phi) is 4.46. The number of hydrazone groups is 1. The SMILES string of the molecule is CCOc1cccc(F)c1NN=C(C#N)C#N. The monoisotopic (exact) mass is 232 g/mol. The predicted octanol–water partition coefficient (Wildman–Crippen LogP) is 2.04. The van der Waals surface area contributed by atoms with Crippen LogP contribution in [0.15, 0.2) is 23.3 Å². The van der Waals surface area contributed by atoms with E-state index in [1.807, 2.05) is 0 Å². The van der Waals surface area contributed by atoms with Gasteiger partial charge in [-0.15, -0.1) is 0 Å². The van der Waals surface area contributed by atoms with Gasteiger partial charge in [0.15, 0.2) is 5.82 Å².